The summed E-state index contributed by atoms with van der Waals surface area (Å²) in [4.78, 5) is 25.6. The number of nitrogens with one attached hydrogen (secondary N) is 1. The first-order chi connectivity index (χ1) is 7.88. The van der Waals surface area contributed by atoms with Gasteiger partial charge in [0.2, 0.25) is 11.8 Å². The van der Waals surface area contributed by atoms with E-state index in [1.807, 2.05) is 0 Å². The Morgan fingerprint density at radius 1 is 1.29 bits per heavy atom. The van der Waals surface area contributed by atoms with Crippen molar-refractivity contribution in [3.05, 3.63) is 0 Å². The molecule has 0 atom stereocenters. The third-order valence-electron chi connectivity index (χ3n) is 3.87. The fourth-order valence-electron chi connectivity index (χ4n) is 2.81. The Bertz CT molecular complexity index is 345. The van der Waals surface area contributed by atoms with Gasteiger partial charge in [0.05, 0.1) is 6.54 Å². The summed E-state index contributed by atoms with van der Waals surface area (Å²) in [7, 11) is 0. The van der Waals surface area contributed by atoms with E-state index in [9.17, 15) is 9.59 Å². The summed E-state index contributed by atoms with van der Waals surface area (Å²) >= 11 is 0. The molecule has 0 aromatic carbocycles. The molecule has 1 saturated carbocycles. The Hall–Kier alpha value is -1.06. The predicted octanol–water partition coefficient (Wildman–Crippen LogP) is 1.30. The van der Waals surface area contributed by atoms with Crippen molar-refractivity contribution in [1.29, 1.82) is 0 Å². The molecule has 4 nitrogen and oxygen atoms in total. The van der Waals surface area contributed by atoms with Crippen molar-refractivity contribution >= 4 is 11.8 Å². The second-order valence-electron chi connectivity index (χ2n) is 6.08. The monoisotopic (exact) mass is 238 g/mol. The molecular weight excluding hydrogens is 216 g/mol. The second kappa shape index (κ2) is 4.00. The van der Waals surface area contributed by atoms with E-state index in [-0.39, 0.29) is 18.4 Å². The summed E-state index contributed by atoms with van der Waals surface area (Å²) < 4.78 is 0. The van der Waals surface area contributed by atoms with Crippen LogP contribution < -0.4 is 5.32 Å². The van der Waals surface area contributed by atoms with Crippen molar-refractivity contribution < 1.29 is 9.59 Å². The number of amides is 2. The van der Waals surface area contributed by atoms with Gasteiger partial charge in [0, 0.05) is 6.54 Å². The first kappa shape index (κ1) is 12.4. The molecule has 17 heavy (non-hydrogen) atoms. The third-order valence-corrected chi connectivity index (χ3v) is 3.87. The fourth-order valence-corrected chi connectivity index (χ4v) is 2.81. The van der Waals surface area contributed by atoms with E-state index in [4.69, 9.17) is 0 Å². The number of hydrogen-bond donors (Lipinski definition) is 1. The molecule has 1 N–H and O–H groups in total. The number of nitrogens with zero attached hydrogens (tertiary/aromatic N) is 1. The third kappa shape index (κ3) is 2.45. The number of piperazine rings is 1. The lowest BCUT2D eigenvalue weighted by Crippen LogP contribution is -2.64. The molecule has 96 valence electrons. The van der Waals surface area contributed by atoms with Gasteiger partial charge in [-0.25, -0.2) is 0 Å². The Morgan fingerprint density at radius 2 is 1.94 bits per heavy atom. The average Bonchev–Trinajstić information content (AvgIpc) is 2.94. The fraction of sp³-hybridized carbons (Fsp3) is 0.846. The van der Waals surface area contributed by atoms with E-state index in [2.05, 4.69) is 12.2 Å². The van der Waals surface area contributed by atoms with Crippen LogP contribution >= 0.6 is 0 Å². The molecule has 2 amide bonds. The number of carbonyl (C=O) groups excluding carboxylic acids is 2. The summed E-state index contributed by atoms with van der Waals surface area (Å²) in [6.45, 7) is 6.72. The maximum absolute atomic E-state index is 12.2. The van der Waals surface area contributed by atoms with E-state index < -0.39 is 5.54 Å². The van der Waals surface area contributed by atoms with Crippen LogP contribution in [0.4, 0.5) is 0 Å². The lowest BCUT2D eigenvalue weighted by molar-refractivity contribution is -0.149. The maximum atomic E-state index is 12.2. The SMILES string of the molecule is CCCC1(CN2CC(=O)NC(C)(C)C2=O)CC1. The number of carbonyl (C=O) groups is 2. The lowest BCUT2D eigenvalue weighted by Gasteiger charge is -2.39. The zero-order chi connectivity index (χ0) is 12.7. The Labute approximate surface area is 103 Å². The standard InChI is InChI=1S/C13H22N2O2/c1-4-5-13(6-7-13)9-15-8-10(16)14-12(2,3)11(15)17/h4-9H2,1-3H3,(H,14,16). The second-order valence-corrected chi connectivity index (χ2v) is 6.08. The minimum absolute atomic E-state index is 0.0399. The van der Waals surface area contributed by atoms with Gasteiger partial charge >= 0.3 is 0 Å². The molecule has 2 aliphatic rings. The zero-order valence-corrected chi connectivity index (χ0v) is 11.0. The van der Waals surface area contributed by atoms with Crippen molar-refractivity contribution in [1.82, 2.24) is 10.2 Å². The maximum Gasteiger partial charge on any atom is 0.248 e. The molecule has 0 aromatic heterocycles. The van der Waals surface area contributed by atoms with Crippen LogP contribution in [0.1, 0.15) is 46.5 Å². The number of rotatable bonds is 4. The van der Waals surface area contributed by atoms with Gasteiger partial charge in [-0.05, 0) is 38.5 Å². The molecule has 1 aliphatic heterocycles. The highest BCUT2D eigenvalue weighted by atomic mass is 16.2. The first-order valence-corrected chi connectivity index (χ1v) is 6.49. The molecule has 1 aliphatic carbocycles. The summed E-state index contributed by atoms with van der Waals surface area (Å²) in [5.74, 6) is 0.0152. The van der Waals surface area contributed by atoms with Gasteiger partial charge < -0.3 is 10.2 Å². The highest BCUT2D eigenvalue weighted by molar-refractivity contribution is 5.97. The van der Waals surface area contributed by atoms with Crippen molar-refractivity contribution in [2.75, 3.05) is 13.1 Å². The van der Waals surface area contributed by atoms with Gasteiger partial charge in [0.15, 0.2) is 0 Å². The molecule has 0 unspecified atom stereocenters. The largest absolute Gasteiger partial charge is 0.341 e. The molecule has 2 fully saturated rings. The predicted molar refractivity (Wildman–Crippen MR) is 65.4 cm³/mol. The van der Waals surface area contributed by atoms with Crippen molar-refractivity contribution in [2.24, 2.45) is 5.41 Å². The molecule has 0 radical (unpaired) electrons. The summed E-state index contributed by atoms with van der Waals surface area (Å²) in [6, 6.07) is 0. The molecule has 1 saturated heterocycles. The van der Waals surface area contributed by atoms with Crippen LogP contribution in [0.15, 0.2) is 0 Å². The Balaban J connectivity index is 2.05. The summed E-state index contributed by atoms with van der Waals surface area (Å²) in [5, 5.41) is 2.74. The average molecular weight is 238 g/mol. The smallest absolute Gasteiger partial charge is 0.248 e. The van der Waals surface area contributed by atoms with Crippen LogP contribution in [-0.4, -0.2) is 35.3 Å². The molecule has 0 spiro atoms. The van der Waals surface area contributed by atoms with Crippen molar-refractivity contribution in [3.63, 3.8) is 0 Å². The molecule has 1 heterocycles. The molecule has 2 rings (SSSR count). The van der Waals surface area contributed by atoms with E-state index in [0.29, 0.717) is 5.41 Å². The minimum Gasteiger partial charge on any atom is -0.341 e. The first-order valence-electron chi connectivity index (χ1n) is 6.49. The van der Waals surface area contributed by atoms with Gasteiger partial charge in [-0.3, -0.25) is 9.59 Å². The van der Waals surface area contributed by atoms with Crippen molar-refractivity contribution in [3.8, 4) is 0 Å². The van der Waals surface area contributed by atoms with Gasteiger partial charge in [0.1, 0.15) is 5.54 Å². The van der Waals surface area contributed by atoms with E-state index in [1.165, 1.54) is 19.3 Å². The van der Waals surface area contributed by atoms with E-state index in [0.717, 1.165) is 13.0 Å². The summed E-state index contributed by atoms with van der Waals surface area (Å²) in [5.41, 5.74) is -0.421. The van der Waals surface area contributed by atoms with E-state index >= 15 is 0 Å². The lowest BCUT2D eigenvalue weighted by atomic mass is 9.95. The zero-order valence-electron chi connectivity index (χ0n) is 11.0. The van der Waals surface area contributed by atoms with Crippen LogP contribution in [0.3, 0.4) is 0 Å². The number of hydrogen-bond acceptors (Lipinski definition) is 2. The van der Waals surface area contributed by atoms with E-state index in [1.54, 1.807) is 18.7 Å². The van der Waals surface area contributed by atoms with Crippen LogP contribution in [0.25, 0.3) is 0 Å². The van der Waals surface area contributed by atoms with Gasteiger partial charge in [-0.1, -0.05) is 13.3 Å². The topological polar surface area (TPSA) is 49.4 Å². The van der Waals surface area contributed by atoms with Gasteiger partial charge in [0.25, 0.3) is 0 Å². The Kier molecular flexibility index (Phi) is 2.92. The highest BCUT2D eigenvalue weighted by Crippen LogP contribution is 2.50. The Morgan fingerprint density at radius 3 is 2.47 bits per heavy atom. The highest BCUT2D eigenvalue weighted by Gasteiger charge is 2.47. The summed E-state index contributed by atoms with van der Waals surface area (Å²) in [6.07, 6.45) is 4.72. The normalized spacial score (nSPS) is 25.7. The molecule has 4 heteroatoms. The molecular formula is C13H22N2O2. The van der Waals surface area contributed by atoms with Crippen molar-refractivity contribution in [2.45, 2.75) is 52.0 Å². The molecule has 0 aromatic rings. The van der Waals surface area contributed by atoms with Crippen LogP contribution in [0.5, 0.6) is 0 Å². The van der Waals surface area contributed by atoms with Crippen LogP contribution in [0, 0.1) is 5.41 Å². The quantitative estimate of drug-likeness (QED) is 0.802. The molecule has 0 bridgehead atoms. The van der Waals surface area contributed by atoms with Crippen LogP contribution in [-0.2, 0) is 9.59 Å². The van der Waals surface area contributed by atoms with Gasteiger partial charge in [-0.2, -0.15) is 0 Å². The van der Waals surface area contributed by atoms with Crippen LogP contribution in [0.2, 0.25) is 0 Å². The van der Waals surface area contributed by atoms with Gasteiger partial charge in [-0.15, -0.1) is 0 Å². The minimum atomic E-state index is -0.738.